The van der Waals surface area contributed by atoms with Crippen molar-refractivity contribution in [3.05, 3.63) is 65.0 Å². The first-order valence-corrected chi connectivity index (χ1v) is 5.89. The molecule has 0 saturated heterocycles. The van der Waals surface area contributed by atoms with Crippen LogP contribution in [0.15, 0.2) is 42.5 Å². The number of nitrogens with one attached hydrogen (secondary N) is 1. The fourth-order valence-electron chi connectivity index (χ4n) is 1.72. The molecule has 2 aromatic carbocycles. The number of aryl methyl sites for hydroxylation is 1. The summed E-state index contributed by atoms with van der Waals surface area (Å²) in [5.41, 5.74) is 0.699. The van der Waals surface area contributed by atoms with Crippen LogP contribution in [-0.4, -0.2) is 17.0 Å². The van der Waals surface area contributed by atoms with Gasteiger partial charge in [-0.1, -0.05) is 23.8 Å². The van der Waals surface area contributed by atoms with E-state index in [1.807, 2.05) is 6.92 Å². The van der Waals surface area contributed by atoms with Crippen molar-refractivity contribution >= 4 is 17.6 Å². The van der Waals surface area contributed by atoms with E-state index in [1.54, 1.807) is 24.3 Å². The Labute approximate surface area is 114 Å². The van der Waals surface area contributed by atoms with E-state index in [-0.39, 0.29) is 11.3 Å². The molecule has 0 aliphatic heterocycles. The molecule has 2 rings (SSSR count). The second-order valence-electron chi connectivity index (χ2n) is 4.29. The maximum atomic E-state index is 13.7. The maximum Gasteiger partial charge on any atom is 0.337 e. The first-order valence-electron chi connectivity index (χ1n) is 5.89. The summed E-state index contributed by atoms with van der Waals surface area (Å²) >= 11 is 0. The monoisotopic (exact) mass is 273 g/mol. The van der Waals surface area contributed by atoms with Gasteiger partial charge >= 0.3 is 5.97 Å². The number of halogens is 1. The summed E-state index contributed by atoms with van der Waals surface area (Å²) < 4.78 is 13.7. The van der Waals surface area contributed by atoms with Crippen LogP contribution in [-0.2, 0) is 0 Å². The standard InChI is InChI=1S/C15H12FNO3/c1-9-5-7-10(8-6-9)14(18)17-13-11(15(19)20)3-2-4-12(13)16/h2-8H,1H3,(H,17,18)(H,19,20). The largest absolute Gasteiger partial charge is 0.478 e. The van der Waals surface area contributed by atoms with Gasteiger partial charge in [0.05, 0.1) is 11.3 Å². The van der Waals surface area contributed by atoms with E-state index in [0.29, 0.717) is 5.56 Å². The number of carbonyl (C=O) groups is 2. The summed E-state index contributed by atoms with van der Waals surface area (Å²) in [4.78, 5) is 23.0. The average Bonchev–Trinajstić information content (AvgIpc) is 2.41. The predicted molar refractivity (Wildman–Crippen MR) is 72.5 cm³/mol. The molecule has 0 spiro atoms. The van der Waals surface area contributed by atoms with Crippen LogP contribution in [0, 0.1) is 12.7 Å². The number of aromatic carboxylic acids is 1. The van der Waals surface area contributed by atoms with Crippen LogP contribution in [0.3, 0.4) is 0 Å². The number of carboxylic acid groups (broad SMARTS) is 1. The van der Waals surface area contributed by atoms with Gasteiger partial charge in [0, 0.05) is 5.56 Å². The molecule has 0 aliphatic carbocycles. The van der Waals surface area contributed by atoms with Gasteiger partial charge in [0.2, 0.25) is 0 Å². The lowest BCUT2D eigenvalue weighted by molar-refractivity contribution is 0.0697. The van der Waals surface area contributed by atoms with Crippen LogP contribution >= 0.6 is 0 Å². The fraction of sp³-hybridized carbons (Fsp3) is 0.0667. The van der Waals surface area contributed by atoms with Gasteiger partial charge in [-0.05, 0) is 31.2 Å². The molecule has 2 N–H and O–H groups in total. The molecule has 2 aromatic rings. The molecule has 0 bridgehead atoms. The van der Waals surface area contributed by atoms with E-state index in [4.69, 9.17) is 5.11 Å². The van der Waals surface area contributed by atoms with Gasteiger partial charge in [-0.3, -0.25) is 4.79 Å². The van der Waals surface area contributed by atoms with Gasteiger partial charge in [0.1, 0.15) is 5.82 Å². The number of anilines is 1. The van der Waals surface area contributed by atoms with Crippen LogP contribution in [0.4, 0.5) is 10.1 Å². The molecule has 0 atom stereocenters. The van der Waals surface area contributed by atoms with Gasteiger partial charge in [0.15, 0.2) is 0 Å². The quantitative estimate of drug-likeness (QED) is 0.903. The number of carboxylic acids is 1. The summed E-state index contributed by atoms with van der Waals surface area (Å²) in [6.45, 7) is 1.88. The number of amides is 1. The molecule has 20 heavy (non-hydrogen) atoms. The maximum absolute atomic E-state index is 13.7. The van der Waals surface area contributed by atoms with E-state index in [0.717, 1.165) is 11.6 Å². The van der Waals surface area contributed by atoms with Crippen LogP contribution in [0.25, 0.3) is 0 Å². The van der Waals surface area contributed by atoms with Crippen LogP contribution in [0.5, 0.6) is 0 Å². The van der Waals surface area contributed by atoms with Crippen molar-refractivity contribution in [1.29, 1.82) is 0 Å². The highest BCUT2D eigenvalue weighted by Gasteiger charge is 2.17. The minimum Gasteiger partial charge on any atom is -0.478 e. The lowest BCUT2D eigenvalue weighted by atomic mass is 10.1. The van der Waals surface area contributed by atoms with Crippen LogP contribution < -0.4 is 5.32 Å². The Morgan fingerprint density at radius 3 is 2.35 bits per heavy atom. The molecule has 0 unspecified atom stereocenters. The van der Waals surface area contributed by atoms with E-state index < -0.39 is 17.7 Å². The number of rotatable bonds is 3. The zero-order chi connectivity index (χ0) is 14.7. The minimum absolute atomic E-state index is 0.287. The Kier molecular flexibility index (Phi) is 3.79. The third-order valence-corrected chi connectivity index (χ3v) is 2.80. The van der Waals surface area contributed by atoms with Crippen molar-refractivity contribution in [1.82, 2.24) is 0 Å². The topological polar surface area (TPSA) is 66.4 Å². The van der Waals surface area contributed by atoms with Gasteiger partial charge in [-0.25, -0.2) is 9.18 Å². The van der Waals surface area contributed by atoms with Gasteiger partial charge in [0.25, 0.3) is 5.91 Å². The summed E-state index contributed by atoms with van der Waals surface area (Å²) in [5.74, 6) is -2.65. The molecular weight excluding hydrogens is 261 g/mol. The van der Waals surface area contributed by atoms with E-state index in [1.165, 1.54) is 12.1 Å². The van der Waals surface area contributed by atoms with Crippen molar-refractivity contribution in [2.45, 2.75) is 6.92 Å². The molecule has 0 fully saturated rings. The summed E-state index contributed by atoms with van der Waals surface area (Å²) in [6.07, 6.45) is 0. The molecular formula is C15H12FNO3. The van der Waals surface area contributed by atoms with Crippen molar-refractivity contribution in [3.8, 4) is 0 Å². The van der Waals surface area contributed by atoms with E-state index in [9.17, 15) is 14.0 Å². The summed E-state index contributed by atoms with van der Waals surface area (Å²) in [6, 6.07) is 10.3. The van der Waals surface area contributed by atoms with Crippen LogP contribution in [0.2, 0.25) is 0 Å². The molecule has 0 saturated carbocycles. The first-order chi connectivity index (χ1) is 9.49. The zero-order valence-electron chi connectivity index (χ0n) is 10.7. The lowest BCUT2D eigenvalue weighted by Crippen LogP contribution is -2.16. The zero-order valence-corrected chi connectivity index (χ0v) is 10.7. The molecule has 1 amide bonds. The Morgan fingerprint density at radius 1 is 1.10 bits per heavy atom. The highest BCUT2D eigenvalue weighted by Crippen LogP contribution is 2.20. The molecule has 4 nitrogen and oxygen atoms in total. The molecule has 102 valence electrons. The first kappa shape index (κ1) is 13.7. The predicted octanol–water partition coefficient (Wildman–Crippen LogP) is 3.08. The Morgan fingerprint density at radius 2 is 1.75 bits per heavy atom. The van der Waals surface area contributed by atoms with Crippen molar-refractivity contribution in [3.63, 3.8) is 0 Å². The van der Waals surface area contributed by atoms with Crippen molar-refractivity contribution in [2.75, 3.05) is 5.32 Å². The number of benzene rings is 2. The lowest BCUT2D eigenvalue weighted by Gasteiger charge is -2.09. The van der Waals surface area contributed by atoms with Crippen molar-refractivity contribution in [2.24, 2.45) is 0 Å². The van der Waals surface area contributed by atoms with Gasteiger partial charge in [-0.15, -0.1) is 0 Å². The molecule has 5 heteroatoms. The third-order valence-electron chi connectivity index (χ3n) is 2.80. The Hall–Kier alpha value is -2.69. The number of para-hydroxylation sites is 1. The number of hydrogen-bond donors (Lipinski definition) is 2. The fourth-order valence-corrected chi connectivity index (χ4v) is 1.72. The molecule has 0 radical (unpaired) electrons. The molecule has 0 aliphatic rings. The van der Waals surface area contributed by atoms with Gasteiger partial charge < -0.3 is 10.4 Å². The Bertz CT molecular complexity index is 665. The second kappa shape index (κ2) is 5.52. The number of hydrogen-bond acceptors (Lipinski definition) is 2. The Balaban J connectivity index is 2.32. The highest BCUT2D eigenvalue weighted by atomic mass is 19.1. The summed E-state index contributed by atoms with van der Waals surface area (Å²) in [5, 5.41) is 11.3. The minimum atomic E-state index is -1.30. The second-order valence-corrected chi connectivity index (χ2v) is 4.29. The molecule has 0 heterocycles. The smallest absolute Gasteiger partial charge is 0.337 e. The highest BCUT2D eigenvalue weighted by molar-refractivity contribution is 6.07. The average molecular weight is 273 g/mol. The van der Waals surface area contributed by atoms with Crippen LogP contribution in [0.1, 0.15) is 26.3 Å². The SMILES string of the molecule is Cc1ccc(C(=O)Nc2c(F)cccc2C(=O)O)cc1. The summed E-state index contributed by atoms with van der Waals surface area (Å²) in [7, 11) is 0. The van der Waals surface area contributed by atoms with E-state index >= 15 is 0 Å². The number of carbonyl (C=O) groups excluding carboxylic acids is 1. The molecule has 0 aromatic heterocycles. The normalized spacial score (nSPS) is 10.1. The third kappa shape index (κ3) is 2.83. The van der Waals surface area contributed by atoms with Gasteiger partial charge in [-0.2, -0.15) is 0 Å². The van der Waals surface area contributed by atoms with Crippen molar-refractivity contribution < 1.29 is 19.1 Å². The van der Waals surface area contributed by atoms with E-state index in [2.05, 4.69) is 5.32 Å².